The third kappa shape index (κ3) is 4.22. The Bertz CT molecular complexity index is 844. The van der Waals surface area contributed by atoms with Gasteiger partial charge in [0.1, 0.15) is 28.8 Å². The van der Waals surface area contributed by atoms with Gasteiger partial charge in [-0.25, -0.2) is 4.99 Å². The van der Waals surface area contributed by atoms with Crippen LogP contribution in [0.2, 0.25) is 0 Å². The van der Waals surface area contributed by atoms with Crippen molar-refractivity contribution in [3.63, 3.8) is 0 Å². The van der Waals surface area contributed by atoms with E-state index in [1.165, 1.54) is 0 Å². The van der Waals surface area contributed by atoms with E-state index in [0.29, 0.717) is 36.1 Å². The first-order valence-corrected chi connectivity index (χ1v) is 8.20. The Kier molecular flexibility index (Phi) is 5.53. The molecule has 1 N–H and O–H groups in total. The number of carbonyl (C=O) groups is 1. The number of amidine groups is 1. The maximum Gasteiger partial charge on any atom is 0.275 e. The molecule has 26 heavy (non-hydrogen) atoms. The number of nitrogens with one attached hydrogen (secondary N) is 1. The van der Waals surface area contributed by atoms with Crippen molar-refractivity contribution in [1.29, 1.82) is 0 Å². The largest absolute Gasteiger partial charge is 0.497 e. The van der Waals surface area contributed by atoms with Gasteiger partial charge >= 0.3 is 0 Å². The highest BCUT2D eigenvalue weighted by molar-refractivity contribution is 6.14. The van der Waals surface area contributed by atoms with Crippen molar-refractivity contribution in [3.8, 4) is 17.2 Å². The Labute approximate surface area is 152 Å². The molecular formula is C20H20N2O4. The molecule has 0 atom stereocenters. The zero-order valence-corrected chi connectivity index (χ0v) is 14.7. The molecule has 0 aliphatic carbocycles. The molecule has 6 heteroatoms. The molecule has 0 unspecified atom stereocenters. The van der Waals surface area contributed by atoms with Crippen LogP contribution < -0.4 is 19.5 Å². The van der Waals surface area contributed by atoms with E-state index in [1.807, 2.05) is 36.4 Å². The van der Waals surface area contributed by atoms with Crippen LogP contribution in [0.1, 0.15) is 12.0 Å². The Morgan fingerprint density at radius 1 is 1.04 bits per heavy atom. The van der Waals surface area contributed by atoms with Gasteiger partial charge in [-0.2, -0.15) is 0 Å². The third-order valence-corrected chi connectivity index (χ3v) is 3.83. The number of hydrogen-bond acceptors (Lipinski definition) is 5. The van der Waals surface area contributed by atoms with Crippen LogP contribution in [0.25, 0.3) is 6.08 Å². The van der Waals surface area contributed by atoms with Gasteiger partial charge in [-0.05, 0) is 30.3 Å². The monoisotopic (exact) mass is 352 g/mol. The number of nitrogens with zero attached hydrogens (tertiary/aromatic N) is 1. The summed E-state index contributed by atoms with van der Waals surface area (Å²) in [5.74, 6) is 2.43. The van der Waals surface area contributed by atoms with Crippen LogP contribution in [0.5, 0.6) is 17.2 Å². The van der Waals surface area contributed by atoms with E-state index in [2.05, 4.69) is 10.3 Å². The first-order valence-electron chi connectivity index (χ1n) is 8.20. The van der Waals surface area contributed by atoms with Gasteiger partial charge in [0.05, 0.1) is 20.8 Å². The number of aliphatic imine (C=N–C) groups is 1. The topological polar surface area (TPSA) is 69.2 Å². The van der Waals surface area contributed by atoms with Crippen molar-refractivity contribution in [2.75, 3.05) is 20.8 Å². The molecule has 0 fully saturated rings. The zero-order chi connectivity index (χ0) is 18.4. The van der Waals surface area contributed by atoms with Crippen LogP contribution in [0, 0.1) is 0 Å². The number of methoxy groups -OCH3 is 2. The van der Waals surface area contributed by atoms with Gasteiger partial charge in [-0.1, -0.05) is 18.2 Å². The van der Waals surface area contributed by atoms with Gasteiger partial charge in [-0.3, -0.25) is 4.79 Å². The van der Waals surface area contributed by atoms with Crippen molar-refractivity contribution in [1.82, 2.24) is 5.32 Å². The lowest BCUT2D eigenvalue weighted by Crippen LogP contribution is -2.25. The van der Waals surface area contributed by atoms with E-state index in [9.17, 15) is 4.79 Å². The molecule has 1 aliphatic heterocycles. The average Bonchev–Trinajstić information content (AvgIpc) is 3.02. The Morgan fingerprint density at radius 3 is 2.58 bits per heavy atom. The fourth-order valence-corrected chi connectivity index (χ4v) is 2.50. The summed E-state index contributed by atoms with van der Waals surface area (Å²) < 4.78 is 16.2. The molecular weight excluding hydrogens is 332 g/mol. The number of amides is 1. The van der Waals surface area contributed by atoms with Gasteiger partial charge in [0.2, 0.25) is 0 Å². The van der Waals surface area contributed by atoms with E-state index < -0.39 is 0 Å². The normalized spacial score (nSPS) is 14.8. The van der Waals surface area contributed by atoms with Crippen molar-refractivity contribution >= 4 is 17.8 Å². The highest BCUT2D eigenvalue weighted by atomic mass is 16.5. The van der Waals surface area contributed by atoms with E-state index in [4.69, 9.17) is 14.2 Å². The third-order valence-electron chi connectivity index (χ3n) is 3.83. The van der Waals surface area contributed by atoms with E-state index in [0.717, 1.165) is 11.3 Å². The lowest BCUT2D eigenvalue weighted by Gasteiger charge is -2.07. The molecule has 0 saturated heterocycles. The molecule has 0 aromatic heterocycles. The zero-order valence-electron chi connectivity index (χ0n) is 14.7. The van der Waals surface area contributed by atoms with Gasteiger partial charge < -0.3 is 19.5 Å². The summed E-state index contributed by atoms with van der Waals surface area (Å²) >= 11 is 0. The molecule has 0 radical (unpaired) electrons. The lowest BCUT2D eigenvalue weighted by molar-refractivity contribution is -0.115. The standard InChI is InChI=1S/C20H20N2O4/c1-24-16-9-8-14(18(13-16)25-2)12-17-20(23)22-19(21-17)10-11-26-15-6-4-3-5-7-15/h3-9,12-13H,10-11H2,1-2H3,(H,21,22,23)/b17-12+. The van der Waals surface area contributed by atoms with Crippen LogP contribution in [-0.2, 0) is 4.79 Å². The van der Waals surface area contributed by atoms with Crippen molar-refractivity contribution in [2.24, 2.45) is 4.99 Å². The van der Waals surface area contributed by atoms with Gasteiger partial charge in [0.25, 0.3) is 5.91 Å². The maximum atomic E-state index is 12.1. The van der Waals surface area contributed by atoms with Gasteiger partial charge in [0, 0.05) is 18.1 Å². The maximum absolute atomic E-state index is 12.1. The average molecular weight is 352 g/mol. The lowest BCUT2D eigenvalue weighted by atomic mass is 10.1. The molecule has 2 aromatic rings. The van der Waals surface area contributed by atoms with Crippen LogP contribution in [0.4, 0.5) is 0 Å². The Hall–Kier alpha value is -3.28. The van der Waals surface area contributed by atoms with Crippen molar-refractivity contribution in [3.05, 3.63) is 59.8 Å². The van der Waals surface area contributed by atoms with Crippen LogP contribution >= 0.6 is 0 Å². The number of ether oxygens (including phenoxy) is 3. The quantitative estimate of drug-likeness (QED) is 0.778. The van der Waals surface area contributed by atoms with Gasteiger partial charge in [-0.15, -0.1) is 0 Å². The summed E-state index contributed by atoms with van der Waals surface area (Å²) in [6.45, 7) is 0.433. The second-order valence-electron chi connectivity index (χ2n) is 5.56. The van der Waals surface area contributed by atoms with Crippen LogP contribution in [0.3, 0.4) is 0 Å². The highest BCUT2D eigenvalue weighted by Crippen LogP contribution is 2.27. The highest BCUT2D eigenvalue weighted by Gasteiger charge is 2.20. The number of carbonyl (C=O) groups excluding carboxylic acids is 1. The molecule has 1 heterocycles. The molecule has 2 aromatic carbocycles. The molecule has 0 bridgehead atoms. The first kappa shape index (κ1) is 17.5. The molecule has 3 rings (SSSR count). The predicted molar refractivity (Wildman–Crippen MR) is 99.7 cm³/mol. The number of rotatable bonds is 7. The molecule has 134 valence electrons. The van der Waals surface area contributed by atoms with Crippen molar-refractivity contribution < 1.29 is 19.0 Å². The van der Waals surface area contributed by atoms with Crippen LogP contribution in [-0.4, -0.2) is 32.6 Å². The SMILES string of the molecule is COc1ccc(/C=C2/N=C(CCOc3ccccc3)NC2=O)c(OC)c1. The summed E-state index contributed by atoms with van der Waals surface area (Å²) in [4.78, 5) is 16.5. The summed E-state index contributed by atoms with van der Waals surface area (Å²) in [5, 5.41) is 2.77. The summed E-state index contributed by atoms with van der Waals surface area (Å²) in [7, 11) is 3.16. The fourth-order valence-electron chi connectivity index (χ4n) is 2.50. The molecule has 1 amide bonds. The second-order valence-corrected chi connectivity index (χ2v) is 5.56. The Balaban J connectivity index is 1.68. The second kappa shape index (κ2) is 8.20. The van der Waals surface area contributed by atoms with Crippen LogP contribution in [0.15, 0.2) is 59.2 Å². The predicted octanol–water partition coefficient (Wildman–Crippen LogP) is 3.04. The van der Waals surface area contributed by atoms with E-state index in [-0.39, 0.29) is 5.91 Å². The molecule has 0 saturated carbocycles. The smallest absolute Gasteiger partial charge is 0.275 e. The molecule has 1 aliphatic rings. The fraction of sp³-hybridized carbons (Fsp3) is 0.200. The number of para-hydroxylation sites is 1. The first-order chi connectivity index (χ1) is 12.7. The summed E-state index contributed by atoms with van der Waals surface area (Å²) in [6, 6.07) is 14.9. The van der Waals surface area contributed by atoms with Crippen molar-refractivity contribution in [2.45, 2.75) is 6.42 Å². The minimum absolute atomic E-state index is 0.238. The van der Waals surface area contributed by atoms with Gasteiger partial charge in [0.15, 0.2) is 0 Å². The number of benzene rings is 2. The minimum Gasteiger partial charge on any atom is -0.497 e. The van der Waals surface area contributed by atoms with E-state index in [1.54, 1.807) is 32.4 Å². The summed E-state index contributed by atoms with van der Waals surface area (Å²) in [6.07, 6.45) is 2.20. The number of hydrogen-bond donors (Lipinski definition) is 1. The van der Waals surface area contributed by atoms with E-state index >= 15 is 0 Å². The minimum atomic E-state index is -0.238. The molecule has 0 spiro atoms. The molecule has 6 nitrogen and oxygen atoms in total. The summed E-state index contributed by atoms with van der Waals surface area (Å²) in [5.41, 5.74) is 1.09. The Morgan fingerprint density at radius 2 is 1.85 bits per heavy atom.